The van der Waals surface area contributed by atoms with Crippen molar-refractivity contribution in [2.24, 2.45) is 0 Å². The number of carbonyl (C=O) groups excluding carboxylic acids is 1. The predicted octanol–water partition coefficient (Wildman–Crippen LogP) is 4.76. The van der Waals surface area contributed by atoms with Crippen molar-refractivity contribution < 1.29 is 9.32 Å². The van der Waals surface area contributed by atoms with Crippen LogP contribution >= 0.6 is 0 Å². The normalized spacial score (nSPS) is 10.9. The van der Waals surface area contributed by atoms with E-state index in [9.17, 15) is 4.79 Å². The molecule has 0 aliphatic rings. The summed E-state index contributed by atoms with van der Waals surface area (Å²) >= 11 is 0. The zero-order valence-electron chi connectivity index (χ0n) is 14.2. The molecule has 24 heavy (non-hydrogen) atoms. The maximum Gasteiger partial charge on any atom is 0.253 e. The Morgan fingerprint density at radius 3 is 2.42 bits per heavy atom. The number of carbonyl (C=O) groups is 1. The van der Waals surface area contributed by atoms with Gasteiger partial charge in [-0.15, -0.1) is 0 Å². The Morgan fingerprint density at radius 2 is 1.75 bits per heavy atom. The monoisotopic (exact) mass is 322 g/mol. The van der Waals surface area contributed by atoms with Crippen molar-refractivity contribution in [2.75, 3.05) is 13.1 Å². The zero-order chi connectivity index (χ0) is 16.9. The standard InChI is InChI=1S/C20H22N2O2/c1-3-12-22(13-4-2)20(23)16-10-11-18-17(14-16)19(24-21-18)15-8-6-5-7-9-15/h5-11,14H,3-4,12-13H2,1-2H3. The van der Waals surface area contributed by atoms with Crippen LogP contribution in [0, 0.1) is 0 Å². The third-order valence-electron chi connectivity index (χ3n) is 4.03. The van der Waals surface area contributed by atoms with Crippen LogP contribution in [0.1, 0.15) is 37.0 Å². The molecule has 3 rings (SSSR count). The maximum atomic E-state index is 12.8. The Labute approximate surface area is 142 Å². The lowest BCUT2D eigenvalue weighted by Crippen LogP contribution is -2.32. The van der Waals surface area contributed by atoms with Crippen LogP contribution in [0.4, 0.5) is 0 Å². The third kappa shape index (κ3) is 3.18. The van der Waals surface area contributed by atoms with Gasteiger partial charge in [0.05, 0.1) is 5.39 Å². The molecule has 0 spiro atoms. The van der Waals surface area contributed by atoms with E-state index in [2.05, 4.69) is 19.0 Å². The summed E-state index contributed by atoms with van der Waals surface area (Å²) in [6.45, 7) is 5.74. The van der Waals surface area contributed by atoms with E-state index < -0.39 is 0 Å². The quantitative estimate of drug-likeness (QED) is 0.657. The van der Waals surface area contributed by atoms with Gasteiger partial charge in [-0.05, 0) is 31.0 Å². The number of rotatable bonds is 6. The van der Waals surface area contributed by atoms with Gasteiger partial charge in [-0.3, -0.25) is 4.79 Å². The van der Waals surface area contributed by atoms with Gasteiger partial charge in [-0.2, -0.15) is 0 Å². The van der Waals surface area contributed by atoms with Crippen LogP contribution in [-0.4, -0.2) is 29.1 Å². The van der Waals surface area contributed by atoms with Crippen LogP contribution in [-0.2, 0) is 0 Å². The van der Waals surface area contributed by atoms with Crippen molar-refractivity contribution in [3.05, 3.63) is 54.1 Å². The number of hydrogen-bond acceptors (Lipinski definition) is 3. The van der Waals surface area contributed by atoms with Crippen molar-refractivity contribution in [1.29, 1.82) is 0 Å². The molecule has 0 N–H and O–H groups in total. The van der Waals surface area contributed by atoms with E-state index in [4.69, 9.17) is 4.52 Å². The Morgan fingerprint density at radius 1 is 1.04 bits per heavy atom. The highest BCUT2D eigenvalue weighted by molar-refractivity contribution is 6.01. The summed E-state index contributed by atoms with van der Waals surface area (Å²) in [5.74, 6) is 0.776. The lowest BCUT2D eigenvalue weighted by molar-refractivity contribution is 0.0756. The van der Waals surface area contributed by atoms with Crippen LogP contribution in [0.5, 0.6) is 0 Å². The Hall–Kier alpha value is -2.62. The topological polar surface area (TPSA) is 46.3 Å². The van der Waals surface area contributed by atoms with Gasteiger partial charge >= 0.3 is 0 Å². The molecule has 124 valence electrons. The molecule has 3 aromatic rings. The van der Waals surface area contributed by atoms with E-state index in [1.807, 2.05) is 53.4 Å². The highest BCUT2D eigenvalue weighted by atomic mass is 16.5. The molecule has 0 saturated carbocycles. The lowest BCUT2D eigenvalue weighted by Gasteiger charge is -2.21. The molecule has 0 atom stereocenters. The van der Waals surface area contributed by atoms with Gasteiger partial charge in [-0.25, -0.2) is 0 Å². The van der Waals surface area contributed by atoms with Gasteiger partial charge in [-0.1, -0.05) is 49.3 Å². The van der Waals surface area contributed by atoms with Crippen molar-refractivity contribution in [2.45, 2.75) is 26.7 Å². The molecule has 0 aliphatic heterocycles. The van der Waals surface area contributed by atoms with Gasteiger partial charge in [0.1, 0.15) is 5.52 Å². The Balaban J connectivity index is 2.00. The minimum absolute atomic E-state index is 0.0702. The lowest BCUT2D eigenvalue weighted by atomic mass is 10.1. The molecule has 4 heteroatoms. The predicted molar refractivity (Wildman–Crippen MR) is 95.9 cm³/mol. The van der Waals surface area contributed by atoms with E-state index in [0.29, 0.717) is 11.3 Å². The largest absolute Gasteiger partial charge is 0.355 e. The van der Waals surface area contributed by atoms with E-state index in [1.54, 1.807) is 0 Å². The number of fused-ring (bicyclic) bond motifs is 1. The summed E-state index contributed by atoms with van der Waals surface area (Å²) in [4.78, 5) is 14.7. The van der Waals surface area contributed by atoms with E-state index in [1.165, 1.54) is 0 Å². The molecule has 0 fully saturated rings. The first-order chi connectivity index (χ1) is 11.7. The molecular formula is C20H22N2O2. The average Bonchev–Trinajstić information content (AvgIpc) is 3.05. The Kier molecular flexibility index (Phi) is 4.94. The maximum absolute atomic E-state index is 12.8. The average molecular weight is 322 g/mol. The van der Waals surface area contributed by atoms with Gasteiger partial charge in [0, 0.05) is 24.2 Å². The molecule has 0 aliphatic carbocycles. The number of aromatic nitrogens is 1. The molecule has 1 heterocycles. The van der Waals surface area contributed by atoms with Gasteiger partial charge in [0.15, 0.2) is 5.76 Å². The van der Waals surface area contributed by atoms with Gasteiger partial charge in [0.25, 0.3) is 5.91 Å². The summed E-state index contributed by atoms with van der Waals surface area (Å²) in [6, 6.07) is 15.4. The number of amides is 1. The molecule has 1 aromatic heterocycles. The van der Waals surface area contributed by atoms with Crippen LogP contribution in [0.25, 0.3) is 22.2 Å². The third-order valence-corrected chi connectivity index (χ3v) is 4.03. The van der Waals surface area contributed by atoms with E-state index >= 15 is 0 Å². The molecule has 1 amide bonds. The zero-order valence-corrected chi connectivity index (χ0v) is 14.2. The minimum Gasteiger partial charge on any atom is -0.355 e. The second-order valence-electron chi connectivity index (χ2n) is 5.90. The van der Waals surface area contributed by atoms with Crippen molar-refractivity contribution in [3.63, 3.8) is 0 Å². The summed E-state index contributed by atoms with van der Waals surface area (Å²) in [7, 11) is 0. The fraction of sp³-hybridized carbons (Fsp3) is 0.300. The first-order valence-electron chi connectivity index (χ1n) is 8.48. The Bertz CT molecular complexity index is 818. The smallest absolute Gasteiger partial charge is 0.253 e. The summed E-state index contributed by atoms with van der Waals surface area (Å²) in [6.07, 6.45) is 1.91. The molecule has 2 aromatic carbocycles. The van der Waals surface area contributed by atoms with Crippen LogP contribution < -0.4 is 0 Å². The molecule has 0 saturated heterocycles. The second-order valence-corrected chi connectivity index (χ2v) is 5.90. The molecule has 4 nitrogen and oxygen atoms in total. The highest BCUT2D eigenvalue weighted by Crippen LogP contribution is 2.29. The molecule has 0 bridgehead atoms. The van der Waals surface area contributed by atoms with Crippen molar-refractivity contribution in [3.8, 4) is 11.3 Å². The van der Waals surface area contributed by atoms with Crippen LogP contribution in [0.3, 0.4) is 0 Å². The number of benzene rings is 2. The first kappa shape index (κ1) is 16.2. The molecule has 0 unspecified atom stereocenters. The van der Waals surface area contributed by atoms with Crippen molar-refractivity contribution >= 4 is 16.8 Å². The first-order valence-corrected chi connectivity index (χ1v) is 8.48. The van der Waals surface area contributed by atoms with Crippen LogP contribution in [0.15, 0.2) is 53.1 Å². The minimum atomic E-state index is 0.0702. The second kappa shape index (κ2) is 7.30. The molecular weight excluding hydrogens is 300 g/mol. The summed E-state index contributed by atoms with van der Waals surface area (Å²) < 4.78 is 5.52. The van der Waals surface area contributed by atoms with Crippen molar-refractivity contribution in [1.82, 2.24) is 10.1 Å². The molecule has 0 radical (unpaired) electrons. The number of nitrogens with zero attached hydrogens (tertiary/aromatic N) is 2. The van der Waals surface area contributed by atoms with E-state index in [0.717, 1.165) is 42.4 Å². The van der Waals surface area contributed by atoms with Gasteiger partial charge in [0.2, 0.25) is 0 Å². The summed E-state index contributed by atoms with van der Waals surface area (Å²) in [5.41, 5.74) is 2.41. The van der Waals surface area contributed by atoms with Crippen LogP contribution in [0.2, 0.25) is 0 Å². The number of hydrogen-bond donors (Lipinski definition) is 0. The van der Waals surface area contributed by atoms with Gasteiger partial charge < -0.3 is 9.42 Å². The van der Waals surface area contributed by atoms with E-state index in [-0.39, 0.29) is 5.91 Å². The fourth-order valence-corrected chi connectivity index (χ4v) is 2.91. The SMILES string of the molecule is CCCN(CCC)C(=O)c1ccc2noc(-c3ccccc3)c2c1. The summed E-state index contributed by atoms with van der Waals surface area (Å²) in [5, 5.41) is 4.99. The fourth-order valence-electron chi connectivity index (χ4n) is 2.91. The highest BCUT2D eigenvalue weighted by Gasteiger charge is 2.17.